The van der Waals surface area contributed by atoms with Gasteiger partial charge in [-0.1, -0.05) is 0 Å². The zero-order chi connectivity index (χ0) is 16.6. The van der Waals surface area contributed by atoms with Gasteiger partial charge in [-0.25, -0.2) is 4.79 Å². The molecular formula is C15H20N4O3S. The maximum absolute atomic E-state index is 12.7. The normalized spacial score (nSPS) is 21.0. The highest BCUT2D eigenvalue weighted by Gasteiger charge is 2.32. The smallest absolute Gasteiger partial charge is 0.314 e. The summed E-state index contributed by atoms with van der Waals surface area (Å²) in [6, 6.07) is 1.32. The molecule has 0 bridgehead atoms. The maximum atomic E-state index is 12.7. The molecule has 0 spiro atoms. The first-order valence-corrected chi connectivity index (χ1v) is 8.52. The molecule has 0 saturated carbocycles. The van der Waals surface area contributed by atoms with E-state index in [0.29, 0.717) is 31.1 Å². The molecule has 0 aliphatic carbocycles. The van der Waals surface area contributed by atoms with Crippen LogP contribution in [0.15, 0.2) is 6.07 Å². The van der Waals surface area contributed by atoms with E-state index in [1.165, 1.54) is 16.2 Å². The third kappa shape index (κ3) is 3.17. The number of likely N-dealkylation sites (tertiary alicyclic amines) is 1. The van der Waals surface area contributed by atoms with Crippen LogP contribution in [0.1, 0.15) is 33.0 Å². The standard InChI is InChI=1S/C15H20N4O3S/c16-13(20)12-6-10-8-18(5-3-11(10)23-12)14(21)9-2-1-4-19(7-9)15(17)22/h6,9H,1-5,7-8H2,(H2,16,20)(H2,17,22). The van der Waals surface area contributed by atoms with Gasteiger partial charge >= 0.3 is 6.03 Å². The van der Waals surface area contributed by atoms with Crippen molar-refractivity contribution in [2.75, 3.05) is 19.6 Å². The molecule has 1 atom stereocenters. The van der Waals surface area contributed by atoms with Gasteiger partial charge in [-0.2, -0.15) is 0 Å². The lowest BCUT2D eigenvalue weighted by atomic mass is 9.95. The van der Waals surface area contributed by atoms with Crippen LogP contribution in [0.25, 0.3) is 0 Å². The molecule has 1 fully saturated rings. The Morgan fingerprint density at radius 2 is 1.96 bits per heavy atom. The summed E-state index contributed by atoms with van der Waals surface area (Å²) in [5.41, 5.74) is 11.6. The van der Waals surface area contributed by atoms with E-state index < -0.39 is 11.9 Å². The quantitative estimate of drug-likeness (QED) is 0.821. The zero-order valence-corrected chi connectivity index (χ0v) is 13.6. The molecule has 0 aromatic carbocycles. The number of hydrogen-bond donors (Lipinski definition) is 2. The fourth-order valence-corrected chi connectivity index (χ4v) is 4.29. The second-order valence-corrected chi connectivity index (χ2v) is 7.19. The molecule has 3 heterocycles. The van der Waals surface area contributed by atoms with E-state index in [-0.39, 0.29) is 11.8 Å². The summed E-state index contributed by atoms with van der Waals surface area (Å²) in [6.45, 7) is 2.16. The number of carbonyl (C=O) groups is 3. The van der Waals surface area contributed by atoms with Gasteiger partial charge in [0.25, 0.3) is 5.91 Å². The number of urea groups is 1. The van der Waals surface area contributed by atoms with Crippen LogP contribution in [-0.4, -0.2) is 47.3 Å². The number of primary amides is 2. The molecule has 0 radical (unpaired) electrons. The summed E-state index contributed by atoms with van der Waals surface area (Å²) in [5.74, 6) is -0.549. The molecule has 23 heavy (non-hydrogen) atoms. The maximum Gasteiger partial charge on any atom is 0.314 e. The summed E-state index contributed by atoms with van der Waals surface area (Å²) >= 11 is 1.42. The van der Waals surface area contributed by atoms with Gasteiger partial charge in [-0.3, -0.25) is 9.59 Å². The highest BCUT2D eigenvalue weighted by molar-refractivity contribution is 7.14. The number of piperidine rings is 1. The van der Waals surface area contributed by atoms with Gasteiger partial charge in [0.15, 0.2) is 0 Å². The van der Waals surface area contributed by atoms with Crippen molar-refractivity contribution in [2.45, 2.75) is 25.8 Å². The fourth-order valence-electron chi connectivity index (χ4n) is 3.28. The third-order valence-corrected chi connectivity index (χ3v) is 5.76. The first kappa shape index (κ1) is 15.8. The van der Waals surface area contributed by atoms with Crippen molar-refractivity contribution in [3.05, 3.63) is 21.4 Å². The molecule has 1 saturated heterocycles. The van der Waals surface area contributed by atoms with Gasteiger partial charge < -0.3 is 21.3 Å². The number of hydrogen-bond acceptors (Lipinski definition) is 4. The van der Waals surface area contributed by atoms with E-state index in [9.17, 15) is 14.4 Å². The largest absolute Gasteiger partial charge is 0.365 e. The van der Waals surface area contributed by atoms with Crippen LogP contribution in [0.3, 0.4) is 0 Å². The molecule has 1 aromatic rings. The summed E-state index contributed by atoms with van der Waals surface area (Å²) < 4.78 is 0. The molecule has 8 heteroatoms. The number of nitrogens with two attached hydrogens (primary N) is 2. The molecule has 4 amide bonds. The van der Waals surface area contributed by atoms with Crippen LogP contribution in [0.5, 0.6) is 0 Å². The van der Waals surface area contributed by atoms with Crippen molar-refractivity contribution in [1.29, 1.82) is 0 Å². The Morgan fingerprint density at radius 1 is 1.17 bits per heavy atom. The Labute approximate surface area is 138 Å². The van der Waals surface area contributed by atoms with Crippen LogP contribution < -0.4 is 11.5 Å². The predicted molar refractivity (Wildman–Crippen MR) is 85.8 cm³/mol. The molecule has 3 rings (SSSR count). The van der Waals surface area contributed by atoms with Gasteiger partial charge in [0, 0.05) is 31.1 Å². The number of nitrogens with zero attached hydrogens (tertiary/aromatic N) is 2. The molecule has 1 unspecified atom stereocenters. The number of carbonyl (C=O) groups excluding carboxylic acids is 3. The summed E-state index contributed by atoms with van der Waals surface area (Å²) in [4.78, 5) is 40.4. The number of thiophene rings is 1. The van der Waals surface area contributed by atoms with E-state index in [1.807, 2.05) is 4.90 Å². The lowest BCUT2D eigenvalue weighted by Gasteiger charge is -2.35. The average molecular weight is 336 g/mol. The first-order valence-electron chi connectivity index (χ1n) is 7.70. The van der Waals surface area contributed by atoms with Crippen molar-refractivity contribution >= 4 is 29.2 Å². The second kappa shape index (κ2) is 6.19. The Morgan fingerprint density at radius 3 is 2.65 bits per heavy atom. The van der Waals surface area contributed by atoms with E-state index >= 15 is 0 Å². The summed E-state index contributed by atoms with van der Waals surface area (Å²) in [5, 5.41) is 0. The first-order chi connectivity index (χ1) is 11.0. The van der Waals surface area contributed by atoms with Crippen LogP contribution in [-0.2, 0) is 17.8 Å². The Bertz CT molecular complexity index is 657. The lowest BCUT2D eigenvalue weighted by Crippen LogP contribution is -2.49. The van der Waals surface area contributed by atoms with Crippen LogP contribution in [0, 0.1) is 5.92 Å². The summed E-state index contributed by atoms with van der Waals surface area (Å²) in [6.07, 6.45) is 2.32. The molecule has 2 aliphatic heterocycles. The third-order valence-electron chi connectivity index (χ3n) is 4.50. The molecule has 1 aromatic heterocycles. The van der Waals surface area contributed by atoms with Crippen molar-refractivity contribution < 1.29 is 14.4 Å². The minimum atomic E-state index is -0.465. The minimum absolute atomic E-state index is 0.0634. The number of amides is 4. The van der Waals surface area contributed by atoms with Crippen LogP contribution in [0.2, 0.25) is 0 Å². The Kier molecular flexibility index (Phi) is 4.25. The van der Waals surface area contributed by atoms with E-state index in [2.05, 4.69) is 0 Å². The van der Waals surface area contributed by atoms with Crippen LogP contribution in [0.4, 0.5) is 4.79 Å². The lowest BCUT2D eigenvalue weighted by molar-refractivity contribution is -0.137. The highest BCUT2D eigenvalue weighted by Crippen LogP contribution is 2.29. The van der Waals surface area contributed by atoms with E-state index in [1.54, 1.807) is 6.07 Å². The SMILES string of the molecule is NC(=O)c1cc2c(s1)CCN(C(=O)C1CCCN(C(N)=O)C1)C2. The topological polar surface area (TPSA) is 110 Å². The zero-order valence-electron chi connectivity index (χ0n) is 12.8. The van der Waals surface area contributed by atoms with Crippen molar-refractivity contribution in [3.63, 3.8) is 0 Å². The second-order valence-electron chi connectivity index (χ2n) is 6.06. The molecule has 124 valence electrons. The number of fused-ring (bicyclic) bond motifs is 1. The van der Waals surface area contributed by atoms with Gasteiger partial charge in [0.05, 0.1) is 10.8 Å². The monoisotopic (exact) mass is 336 g/mol. The van der Waals surface area contributed by atoms with Crippen molar-refractivity contribution in [1.82, 2.24) is 9.80 Å². The minimum Gasteiger partial charge on any atom is -0.365 e. The Hall–Kier alpha value is -2.09. The molecule has 4 N–H and O–H groups in total. The van der Waals surface area contributed by atoms with Gasteiger partial charge in [-0.05, 0) is 30.9 Å². The van der Waals surface area contributed by atoms with Gasteiger partial charge in [-0.15, -0.1) is 11.3 Å². The Balaban J connectivity index is 1.69. The molecular weight excluding hydrogens is 316 g/mol. The van der Waals surface area contributed by atoms with E-state index in [4.69, 9.17) is 11.5 Å². The average Bonchev–Trinajstić information content (AvgIpc) is 2.97. The molecule has 2 aliphatic rings. The number of rotatable bonds is 2. The molecule has 7 nitrogen and oxygen atoms in total. The highest BCUT2D eigenvalue weighted by atomic mass is 32.1. The predicted octanol–water partition coefficient (Wildman–Crippen LogP) is 0.522. The fraction of sp³-hybridized carbons (Fsp3) is 0.533. The van der Waals surface area contributed by atoms with E-state index in [0.717, 1.165) is 29.7 Å². The van der Waals surface area contributed by atoms with Gasteiger partial charge in [0.1, 0.15) is 0 Å². The van der Waals surface area contributed by atoms with Gasteiger partial charge in [0.2, 0.25) is 5.91 Å². The summed E-state index contributed by atoms with van der Waals surface area (Å²) in [7, 11) is 0. The van der Waals surface area contributed by atoms with Crippen LogP contribution >= 0.6 is 11.3 Å². The van der Waals surface area contributed by atoms with Crippen molar-refractivity contribution in [2.24, 2.45) is 17.4 Å². The van der Waals surface area contributed by atoms with Crippen molar-refractivity contribution in [3.8, 4) is 0 Å².